The number of rotatable bonds is 11. The van der Waals surface area contributed by atoms with Crippen LogP contribution in [-0.4, -0.2) is 60.5 Å². The molecule has 0 aliphatic carbocycles. The van der Waals surface area contributed by atoms with Gasteiger partial charge in [0.25, 0.3) is 0 Å². The van der Waals surface area contributed by atoms with Crippen molar-refractivity contribution in [1.29, 1.82) is 10.8 Å². The van der Waals surface area contributed by atoms with Crippen LogP contribution in [0.25, 0.3) is 10.8 Å². The second-order valence-electron chi connectivity index (χ2n) is 10.4. The maximum atomic E-state index is 13.8. The number of carboxylic acid groups (broad SMARTS) is 1. The third-order valence-corrected chi connectivity index (χ3v) is 9.49. The quantitative estimate of drug-likeness (QED) is 0.191. The lowest BCUT2D eigenvalue weighted by Gasteiger charge is -2.33. The topological polar surface area (TPSA) is 161 Å². The van der Waals surface area contributed by atoms with E-state index in [1.807, 2.05) is 29.2 Å². The lowest BCUT2D eigenvalue weighted by Crippen LogP contribution is -2.42. The Morgan fingerprint density at radius 2 is 1.73 bits per heavy atom. The highest BCUT2D eigenvalue weighted by molar-refractivity contribution is 7.94. The number of amidine groups is 2. The predicted molar refractivity (Wildman–Crippen MR) is 161 cm³/mol. The van der Waals surface area contributed by atoms with Crippen LogP contribution >= 0.6 is 0 Å². The van der Waals surface area contributed by atoms with Gasteiger partial charge in [-0.05, 0) is 66.1 Å². The fourth-order valence-corrected chi connectivity index (χ4v) is 6.90. The van der Waals surface area contributed by atoms with Gasteiger partial charge in [0.05, 0.1) is 18.1 Å². The fourth-order valence-electron chi connectivity index (χ4n) is 5.06. The number of hydrogen-bond donors (Lipinski definition) is 4. The number of nitrogens with zero attached hydrogens (tertiary/aromatic N) is 2. The van der Waals surface area contributed by atoms with Crippen LogP contribution in [0.15, 0.2) is 60.7 Å². The minimum atomic E-state index is -4.29. The molecule has 10 nitrogen and oxygen atoms in total. The first kappa shape index (κ1) is 29.9. The summed E-state index contributed by atoms with van der Waals surface area (Å²) in [6, 6.07) is 17.6. The molecule has 0 amide bonds. The molecular formula is C30H37N5O5S. The van der Waals surface area contributed by atoms with E-state index in [0.29, 0.717) is 34.8 Å². The normalized spacial score (nSPS) is 14.9. The standard InChI is InChI=1S/C30H37N5O5S/c1-3-4-28(30(36)37)41(38,39)35(19-21-5-6-22-7-8-23(29(32)33)18-24(22)17-21)25-9-11-26(12-10-25)40-27-13-15-34(16-14-27)20(2)31/h5-12,17-18,27-28,31H,3-4,13-16,19H2,1-2H3,(H3,32,33)(H,36,37). The van der Waals surface area contributed by atoms with Gasteiger partial charge in [0.2, 0.25) is 10.0 Å². The number of likely N-dealkylation sites (tertiary alicyclic amines) is 1. The average molecular weight is 580 g/mol. The number of carboxylic acids is 1. The zero-order chi connectivity index (χ0) is 29.7. The minimum Gasteiger partial charge on any atom is -0.490 e. The van der Waals surface area contributed by atoms with Gasteiger partial charge < -0.3 is 20.5 Å². The fraction of sp³-hybridized carbons (Fsp3) is 0.367. The van der Waals surface area contributed by atoms with Crippen LogP contribution in [-0.2, 0) is 21.4 Å². The van der Waals surface area contributed by atoms with Gasteiger partial charge in [0, 0.05) is 31.5 Å². The highest BCUT2D eigenvalue weighted by Gasteiger charge is 2.37. The molecule has 3 aromatic rings. The largest absolute Gasteiger partial charge is 0.490 e. The van der Waals surface area contributed by atoms with E-state index in [1.165, 1.54) is 0 Å². The predicted octanol–water partition coefficient (Wildman–Crippen LogP) is 4.55. The van der Waals surface area contributed by atoms with Gasteiger partial charge in [-0.3, -0.25) is 19.9 Å². The van der Waals surface area contributed by atoms with Crippen molar-refractivity contribution in [3.8, 4) is 5.75 Å². The van der Waals surface area contributed by atoms with E-state index >= 15 is 0 Å². The van der Waals surface area contributed by atoms with Gasteiger partial charge in [0.1, 0.15) is 17.7 Å². The van der Waals surface area contributed by atoms with E-state index in [1.54, 1.807) is 50.2 Å². The van der Waals surface area contributed by atoms with Crippen LogP contribution in [0.3, 0.4) is 0 Å². The number of aliphatic carboxylic acids is 1. The summed E-state index contributed by atoms with van der Waals surface area (Å²) >= 11 is 0. The second kappa shape index (κ2) is 12.6. The van der Waals surface area contributed by atoms with Crippen LogP contribution in [0.4, 0.5) is 5.69 Å². The van der Waals surface area contributed by atoms with Gasteiger partial charge in [-0.15, -0.1) is 0 Å². The van der Waals surface area contributed by atoms with E-state index in [9.17, 15) is 18.3 Å². The number of anilines is 1. The third-order valence-electron chi connectivity index (χ3n) is 7.38. The van der Waals surface area contributed by atoms with Crippen LogP contribution in [0, 0.1) is 10.8 Å². The monoisotopic (exact) mass is 579 g/mol. The summed E-state index contributed by atoms with van der Waals surface area (Å²) < 4.78 is 34.9. The molecule has 0 radical (unpaired) electrons. The Morgan fingerprint density at radius 3 is 2.32 bits per heavy atom. The lowest BCUT2D eigenvalue weighted by atomic mass is 10.0. The van der Waals surface area contributed by atoms with E-state index in [0.717, 1.165) is 41.0 Å². The number of benzene rings is 3. The molecule has 41 heavy (non-hydrogen) atoms. The zero-order valence-electron chi connectivity index (χ0n) is 23.3. The SMILES string of the molecule is CCCC(C(=O)O)S(=O)(=O)N(Cc1ccc2ccc(C(=N)N)cc2c1)c1ccc(OC2CCN(C(C)=N)CC2)cc1. The van der Waals surface area contributed by atoms with Crippen molar-refractivity contribution in [3.63, 3.8) is 0 Å². The van der Waals surface area contributed by atoms with E-state index in [-0.39, 0.29) is 24.9 Å². The molecule has 1 unspecified atom stereocenters. The van der Waals surface area contributed by atoms with Gasteiger partial charge in [0.15, 0.2) is 5.25 Å². The van der Waals surface area contributed by atoms with Crippen LogP contribution in [0.5, 0.6) is 5.75 Å². The van der Waals surface area contributed by atoms with Crippen LogP contribution in [0.1, 0.15) is 50.7 Å². The number of ether oxygens (including phenoxy) is 1. The summed E-state index contributed by atoms with van der Waals surface area (Å²) in [6.07, 6.45) is 1.95. The highest BCUT2D eigenvalue weighted by Crippen LogP contribution is 2.30. The van der Waals surface area contributed by atoms with Crippen molar-refractivity contribution in [1.82, 2.24) is 4.90 Å². The lowest BCUT2D eigenvalue weighted by molar-refractivity contribution is -0.136. The van der Waals surface area contributed by atoms with E-state index in [4.69, 9.17) is 21.3 Å². The number of nitrogens with one attached hydrogen (secondary N) is 2. The first-order valence-corrected chi connectivity index (χ1v) is 15.2. The van der Waals surface area contributed by atoms with Crippen molar-refractivity contribution in [2.45, 2.75) is 57.4 Å². The van der Waals surface area contributed by atoms with Crippen molar-refractivity contribution in [2.24, 2.45) is 5.73 Å². The summed E-state index contributed by atoms with van der Waals surface area (Å²) in [5, 5.41) is 25.5. The van der Waals surface area contributed by atoms with Crippen molar-refractivity contribution in [2.75, 3.05) is 17.4 Å². The molecule has 1 aliphatic heterocycles. The number of hydrogen-bond acceptors (Lipinski definition) is 6. The number of fused-ring (bicyclic) bond motifs is 1. The molecular weight excluding hydrogens is 542 g/mol. The van der Waals surface area contributed by atoms with Crippen molar-refractivity contribution < 1.29 is 23.1 Å². The number of piperidine rings is 1. The maximum absolute atomic E-state index is 13.8. The van der Waals surface area contributed by atoms with E-state index < -0.39 is 21.2 Å². The van der Waals surface area contributed by atoms with Crippen molar-refractivity contribution in [3.05, 3.63) is 71.8 Å². The Balaban J connectivity index is 1.64. The number of sulfonamides is 1. The Bertz CT molecular complexity index is 1530. The smallest absolute Gasteiger partial charge is 0.323 e. The third kappa shape index (κ3) is 6.97. The second-order valence-corrected chi connectivity index (χ2v) is 12.4. The molecule has 0 aromatic heterocycles. The van der Waals surface area contributed by atoms with Crippen molar-refractivity contribution >= 4 is 44.1 Å². The zero-order valence-corrected chi connectivity index (χ0v) is 24.2. The first-order valence-electron chi connectivity index (χ1n) is 13.7. The van der Waals surface area contributed by atoms with E-state index in [2.05, 4.69) is 0 Å². The Morgan fingerprint density at radius 1 is 1.07 bits per heavy atom. The summed E-state index contributed by atoms with van der Waals surface area (Å²) in [4.78, 5) is 14.1. The molecule has 5 N–H and O–H groups in total. The number of nitrogen functional groups attached to an aromatic ring is 1. The average Bonchev–Trinajstić information content (AvgIpc) is 2.94. The van der Waals surface area contributed by atoms with Gasteiger partial charge in [-0.1, -0.05) is 37.6 Å². The summed E-state index contributed by atoms with van der Waals surface area (Å²) in [7, 11) is -4.29. The molecule has 1 saturated heterocycles. The Labute approximate surface area is 240 Å². The van der Waals surface area contributed by atoms with Gasteiger partial charge in [-0.25, -0.2) is 8.42 Å². The molecule has 218 valence electrons. The van der Waals surface area contributed by atoms with Crippen LogP contribution in [0.2, 0.25) is 0 Å². The molecule has 4 rings (SSSR count). The Hall–Kier alpha value is -4.12. The molecule has 1 fully saturated rings. The summed E-state index contributed by atoms with van der Waals surface area (Å²) in [5.74, 6) is -0.305. The minimum absolute atomic E-state index is 0.00489. The molecule has 0 saturated carbocycles. The van der Waals surface area contributed by atoms with Gasteiger partial charge >= 0.3 is 5.97 Å². The summed E-state index contributed by atoms with van der Waals surface area (Å²) in [6.45, 7) is 4.95. The molecule has 0 bridgehead atoms. The first-order chi connectivity index (χ1) is 19.5. The summed E-state index contributed by atoms with van der Waals surface area (Å²) in [5.41, 5.74) is 7.22. The molecule has 11 heteroatoms. The van der Waals surface area contributed by atoms with Gasteiger partial charge in [-0.2, -0.15) is 0 Å². The maximum Gasteiger partial charge on any atom is 0.323 e. The molecule has 1 aliphatic rings. The number of nitrogens with two attached hydrogens (primary N) is 1. The highest BCUT2D eigenvalue weighted by atomic mass is 32.2. The molecule has 1 atom stereocenters. The van der Waals surface area contributed by atoms with Crippen LogP contribution < -0.4 is 14.8 Å². The molecule has 0 spiro atoms. The molecule has 3 aromatic carbocycles. The molecule has 1 heterocycles. The Kier molecular flexibility index (Phi) is 9.17. The number of carbonyl (C=O) groups is 1.